The standard InChI is InChI=1S/C13H17ClFNO2/c1-9(11-3-2-10(15)4-12(11)14)16-5-13(6-17)7-18-8-13/h2-4,9,16-17H,5-8H2,1H3. The Labute approximate surface area is 111 Å². The van der Waals surface area contributed by atoms with Crippen molar-refractivity contribution >= 4 is 11.6 Å². The van der Waals surface area contributed by atoms with E-state index >= 15 is 0 Å². The fraction of sp³-hybridized carbons (Fsp3) is 0.538. The van der Waals surface area contributed by atoms with Crippen LogP contribution < -0.4 is 5.32 Å². The van der Waals surface area contributed by atoms with Crippen LogP contribution in [0.15, 0.2) is 18.2 Å². The molecule has 1 unspecified atom stereocenters. The first-order chi connectivity index (χ1) is 8.56. The highest BCUT2D eigenvalue weighted by Crippen LogP contribution is 2.28. The zero-order chi connectivity index (χ0) is 13.2. The normalized spacial score (nSPS) is 19.3. The van der Waals surface area contributed by atoms with Gasteiger partial charge in [0.05, 0.1) is 25.2 Å². The largest absolute Gasteiger partial charge is 0.396 e. The molecule has 100 valence electrons. The Bertz CT molecular complexity index is 418. The van der Waals surface area contributed by atoms with Gasteiger partial charge in [0.25, 0.3) is 0 Å². The van der Waals surface area contributed by atoms with Gasteiger partial charge in [0.1, 0.15) is 5.82 Å². The Morgan fingerprint density at radius 1 is 1.56 bits per heavy atom. The topological polar surface area (TPSA) is 41.5 Å². The summed E-state index contributed by atoms with van der Waals surface area (Å²) in [6.07, 6.45) is 0. The molecular formula is C13H17ClFNO2. The zero-order valence-electron chi connectivity index (χ0n) is 10.2. The van der Waals surface area contributed by atoms with Crippen LogP contribution in [0.5, 0.6) is 0 Å². The van der Waals surface area contributed by atoms with Crippen LogP contribution in [-0.2, 0) is 4.74 Å². The number of ether oxygens (including phenoxy) is 1. The van der Waals surface area contributed by atoms with Crippen LogP contribution in [0.2, 0.25) is 5.02 Å². The van der Waals surface area contributed by atoms with Gasteiger partial charge in [-0.15, -0.1) is 0 Å². The molecule has 0 aliphatic carbocycles. The lowest BCUT2D eigenvalue weighted by atomic mass is 9.86. The minimum absolute atomic E-state index is 0.00197. The first kappa shape index (κ1) is 13.7. The van der Waals surface area contributed by atoms with Crippen molar-refractivity contribution in [2.75, 3.05) is 26.4 Å². The summed E-state index contributed by atoms with van der Waals surface area (Å²) >= 11 is 6.00. The van der Waals surface area contributed by atoms with Crippen molar-refractivity contribution in [2.24, 2.45) is 5.41 Å². The Morgan fingerprint density at radius 2 is 2.28 bits per heavy atom. The Hall–Kier alpha value is -0.680. The molecule has 0 saturated carbocycles. The van der Waals surface area contributed by atoms with Gasteiger partial charge in [-0.3, -0.25) is 0 Å². The number of aliphatic hydroxyl groups is 1. The third-order valence-corrected chi connectivity index (χ3v) is 3.69. The van der Waals surface area contributed by atoms with Crippen molar-refractivity contribution in [3.8, 4) is 0 Å². The van der Waals surface area contributed by atoms with Crippen LogP contribution in [0.3, 0.4) is 0 Å². The quantitative estimate of drug-likeness (QED) is 0.864. The second kappa shape index (κ2) is 5.53. The molecule has 1 atom stereocenters. The van der Waals surface area contributed by atoms with Crippen molar-refractivity contribution in [3.63, 3.8) is 0 Å². The maximum absolute atomic E-state index is 12.9. The minimum atomic E-state index is -0.338. The maximum Gasteiger partial charge on any atom is 0.124 e. The Balaban J connectivity index is 1.97. The lowest BCUT2D eigenvalue weighted by molar-refractivity contribution is -0.135. The first-order valence-corrected chi connectivity index (χ1v) is 6.31. The minimum Gasteiger partial charge on any atom is -0.396 e. The van der Waals surface area contributed by atoms with Gasteiger partial charge >= 0.3 is 0 Å². The maximum atomic E-state index is 12.9. The van der Waals surface area contributed by atoms with Crippen molar-refractivity contribution in [3.05, 3.63) is 34.6 Å². The van der Waals surface area contributed by atoms with Gasteiger partial charge in [-0.1, -0.05) is 17.7 Å². The Morgan fingerprint density at radius 3 is 2.78 bits per heavy atom. The number of hydrogen-bond acceptors (Lipinski definition) is 3. The molecule has 3 nitrogen and oxygen atoms in total. The molecule has 1 heterocycles. The molecular weight excluding hydrogens is 257 g/mol. The summed E-state index contributed by atoms with van der Waals surface area (Å²) in [5, 5.41) is 13.0. The van der Waals surface area contributed by atoms with E-state index in [1.165, 1.54) is 12.1 Å². The second-order valence-corrected chi connectivity index (χ2v) is 5.33. The average Bonchev–Trinajstić information content (AvgIpc) is 2.27. The van der Waals surface area contributed by atoms with E-state index in [9.17, 15) is 9.50 Å². The van der Waals surface area contributed by atoms with E-state index in [0.717, 1.165) is 5.56 Å². The average molecular weight is 274 g/mol. The van der Waals surface area contributed by atoms with Gasteiger partial charge in [0.2, 0.25) is 0 Å². The van der Waals surface area contributed by atoms with Crippen LogP contribution in [0.4, 0.5) is 4.39 Å². The van der Waals surface area contributed by atoms with Crippen molar-refractivity contribution in [1.82, 2.24) is 5.32 Å². The summed E-state index contributed by atoms with van der Waals surface area (Å²) in [4.78, 5) is 0. The van der Waals surface area contributed by atoms with E-state index in [-0.39, 0.29) is 23.9 Å². The summed E-state index contributed by atoms with van der Waals surface area (Å²) in [7, 11) is 0. The molecule has 1 aliphatic rings. The summed E-state index contributed by atoms with van der Waals surface area (Å²) in [5.41, 5.74) is 0.673. The van der Waals surface area contributed by atoms with Gasteiger partial charge in [-0.2, -0.15) is 0 Å². The fourth-order valence-electron chi connectivity index (χ4n) is 1.97. The van der Waals surface area contributed by atoms with Gasteiger partial charge < -0.3 is 15.2 Å². The molecule has 5 heteroatoms. The summed E-state index contributed by atoms with van der Waals surface area (Å²) in [6, 6.07) is 4.39. The van der Waals surface area contributed by atoms with Gasteiger partial charge in [-0.25, -0.2) is 4.39 Å². The molecule has 1 fully saturated rings. The molecule has 0 amide bonds. The number of rotatable bonds is 5. The predicted molar refractivity (Wildman–Crippen MR) is 68.2 cm³/mol. The number of halogens is 2. The van der Waals surface area contributed by atoms with E-state index in [0.29, 0.717) is 24.8 Å². The highest BCUT2D eigenvalue weighted by Gasteiger charge is 2.38. The first-order valence-electron chi connectivity index (χ1n) is 5.93. The number of benzene rings is 1. The summed E-state index contributed by atoms with van der Waals surface area (Å²) in [6.45, 7) is 3.85. The van der Waals surface area contributed by atoms with Crippen LogP contribution in [0.25, 0.3) is 0 Å². The monoisotopic (exact) mass is 273 g/mol. The Kier molecular flexibility index (Phi) is 4.22. The highest BCUT2D eigenvalue weighted by atomic mass is 35.5. The van der Waals surface area contributed by atoms with Crippen LogP contribution >= 0.6 is 11.6 Å². The second-order valence-electron chi connectivity index (χ2n) is 4.92. The fourth-order valence-corrected chi connectivity index (χ4v) is 2.30. The van der Waals surface area contributed by atoms with Gasteiger partial charge in [0, 0.05) is 17.6 Å². The van der Waals surface area contributed by atoms with E-state index in [1.54, 1.807) is 6.07 Å². The van der Waals surface area contributed by atoms with E-state index in [2.05, 4.69) is 5.32 Å². The third-order valence-electron chi connectivity index (χ3n) is 3.36. The SMILES string of the molecule is CC(NCC1(CO)COC1)c1ccc(F)cc1Cl. The lowest BCUT2D eigenvalue weighted by Crippen LogP contribution is -2.52. The molecule has 1 aliphatic heterocycles. The summed E-state index contributed by atoms with van der Waals surface area (Å²) < 4.78 is 18.1. The molecule has 1 aromatic carbocycles. The highest BCUT2D eigenvalue weighted by molar-refractivity contribution is 6.31. The molecule has 0 radical (unpaired) electrons. The van der Waals surface area contributed by atoms with E-state index < -0.39 is 0 Å². The smallest absolute Gasteiger partial charge is 0.124 e. The number of aliphatic hydroxyl groups excluding tert-OH is 1. The van der Waals surface area contributed by atoms with Gasteiger partial charge in [-0.05, 0) is 24.6 Å². The van der Waals surface area contributed by atoms with Crippen LogP contribution in [-0.4, -0.2) is 31.5 Å². The van der Waals surface area contributed by atoms with Crippen LogP contribution in [0, 0.1) is 11.2 Å². The number of nitrogens with one attached hydrogen (secondary N) is 1. The molecule has 0 bridgehead atoms. The van der Waals surface area contributed by atoms with Crippen molar-refractivity contribution in [2.45, 2.75) is 13.0 Å². The van der Waals surface area contributed by atoms with Gasteiger partial charge in [0.15, 0.2) is 0 Å². The molecule has 0 spiro atoms. The molecule has 1 saturated heterocycles. The molecule has 2 rings (SSSR count). The number of hydrogen-bond donors (Lipinski definition) is 2. The third kappa shape index (κ3) is 2.83. The zero-order valence-corrected chi connectivity index (χ0v) is 11.0. The summed E-state index contributed by atoms with van der Waals surface area (Å²) in [5.74, 6) is -0.338. The lowest BCUT2D eigenvalue weighted by Gasteiger charge is -2.40. The van der Waals surface area contributed by atoms with Crippen LogP contribution in [0.1, 0.15) is 18.5 Å². The van der Waals surface area contributed by atoms with E-state index in [4.69, 9.17) is 16.3 Å². The molecule has 1 aromatic rings. The molecule has 2 N–H and O–H groups in total. The molecule has 18 heavy (non-hydrogen) atoms. The van der Waals surface area contributed by atoms with E-state index in [1.807, 2.05) is 6.92 Å². The predicted octanol–water partition coefficient (Wildman–Crippen LogP) is 2.14. The van der Waals surface area contributed by atoms with Crippen molar-refractivity contribution < 1.29 is 14.2 Å². The molecule has 0 aromatic heterocycles. The van der Waals surface area contributed by atoms with Crippen molar-refractivity contribution in [1.29, 1.82) is 0 Å².